The molecule has 21 heavy (non-hydrogen) atoms. The molecule has 1 aliphatic rings. The number of carbonyl (C=O) groups is 2. The maximum absolute atomic E-state index is 11.4. The molecule has 0 aliphatic heterocycles. The predicted octanol–water partition coefficient (Wildman–Crippen LogP) is -0.0726. The van der Waals surface area contributed by atoms with Crippen molar-refractivity contribution in [1.29, 1.82) is 0 Å². The van der Waals surface area contributed by atoms with E-state index in [1.807, 2.05) is 0 Å². The molecule has 0 bridgehead atoms. The molecule has 1 aromatic rings. The number of nitrogens with zero attached hydrogens (tertiary/aromatic N) is 1. The Morgan fingerprint density at radius 2 is 2.05 bits per heavy atom. The fourth-order valence-electron chi connectivity index (χ4n) is 1.86. The number of carboxylic acids is 1. The third-order valence-corrected chi connectivity index (χ3v) is 3.11. The van der Waals surface area contributed by atoms with Gasteiger partial charge in [-0.25, -0.2) is 5.43 Å². The van der Waals surface area contributed by atoms with Crippen LogP contribution in [0.25, 0.3) is 0 Å². The van der Waals surface area contributed by atoms with Crippen LogP contribution in [0.5, 0.6) is 11.5 Å². The summed E-state index contributed by atoms with van der Waals surface area (Å²) in [6, 6.07) is 3.05. The number of amides is 1. The average molecular weight is 291 g/mol. The van der Waals surface area contributed by atoms with E-state index in [1.54, 1.807) is 6.07 Å². The second-order valence-electron chi connectivity index (χ2n) is 4.56. The Morgan fingerprint density at radius 3 is 2.57 bits per heavy atom. The highest BCUT2D eigenvalue weighted by Gasteiger charge is 2.29. The van der Waals surface area contributed by atoms with E-state index < -0.39 is 5.97 Å². The molecule has 1 N–H and O–H groups in total. The van der Waals surface area contributed by atoms with Crippen molar-refractivity contribution < 1.29 is 24.2 Å². The summed E-state index contributed by atoms with van der Waals surface area (Å²) in [4.78, 5) is 22.7. The summed E-state index contributed by atoms with van der Waals surface area (Å²) in [7, 11) is 2.74. The third-order valence-electron chi connectivity index (χ3n) is 3.11. The van der Waals surface area contributed by atoms with E-state index in [9.17, 15) is 14.7 Å². The van der Waals surface area contributed by atoms with E-state index in [1.165, 1.54) is 26.5 Å². The van der Waals surface area contributed by atoms with Crippen LogP contribution in [0, 0.1) is 5.92 Å². The first kappa shape index (κ1) is 14.8. The Morgan fingerprint density at radius 1 is 1.33 bits per heavy atom. The van der Waals surface area contributed by atoms with Gasteiger partial charge in [-0.2, -0.15) is 5.10 Å². The van der Waals surface area contributed by atoms with Crippen LogP contribution in [0.4, 0.5) is 0 Å². The molecule has 7 heteroatoms. The normalized spacial score (nSPS) is 14.0. The smallest absolute Gasteiger partial charge is 0.243 e. The lowest BCUT2D eigenvalue weighted by molar-refractivity contribution is -0.255. The first-order chi connectivity index (χ1) is 10.1. The molecule has 7 nitrogen and oxygen atoms in total. The summed E-state index contributed by atoms with van der Waals surface area (Å²) in [5.74, 6) is -1.23. The van der Waals surface area contributed by atoms with E-state index in [0.29, 0.717) is 0 Å². The second kappa shape index (κ2) is 6.25. The SMILES string of the molecule is COc1ccc(/C=N\NC(=O)C2CC2)c(C(=O)[O-])c1OC. The molecule has 112 valence electrons. The lowest BCUT2D eigenvalue weighted by atomic mass is 10.1. The molecule has 1 aliphatic carbocycles. The molecule has 2 rings (SSSR count). The van der Waals surface area contributed by atoms with Crippen LogP contribution in [0.1, 0.15) is 28.8 Å². The fraction of sp³-hybridized carbons (Fsp3) is 0.357. The zero-order valence-electron chi connectivity index (χ0n) is 11.7. The van der Waals surface area contributed by atoms with Crippen LogP contribution in [-0.2, 0) is 4.79 Å². The zero-order valence-corrected chi connectivity index (χ0v) is 11.7. The van der Waals surface area contributed by atoms with Gasteiger partial charge in [0, 0.05) is 11.5 Å². The quantitative estimate of drug-likeness (QED) is 0.584. The van der Waals surface area contributed by atoms with Crippen LogP contribution in [0.3, 0.4) is 0 Å². The average Bonchev–Trinajstić information content (AvgIpc) is 3.30. The first-order valence-corrected chi connectivity index (χ1v) is 6.37. The van der Waals surface area contributed by atoms with Crippen molar-refractivity contribution >= 4 is 18.1 Å². The number of hydrazone groups is 1. The van der Waals surface area contributed by atoms with E-state index in [4.69, 9.17) is 9.47 Å². The minimum atomic E-state index is -1.42. The number of rotatable bonds is 6. The van der Waals surface area contributed by atoms with Crippen LogP contribution >= 0.6 is 0 Å². The Hall–Kier alpha value is -2.57. The maximum Gasteiger partial charge on any atom is 0.243 e. The van der Waals surface area contributed by atoms with Gasteiger partial charge in [-0.1, -0.05) is 0 Å². The van der Waals surface area contributed by atoms with E-state index in [-0.39, 0.29) is 34.5 Å². The van der Waals surface area contributed by atoms with Gasteiger partial charge < -0.3 is 19.4 Å². The summed E-state index contributed by atoms with van der Waals surface area (Å²) >= 11 is 0. The predicted molar refractivity (Wildman–Crippen MR) is 72.3 cm³/mol. The molecular formula is C14H15N2O5-. The highest BCUT2D eigenvalue weighted by atomic mass is 16.5. The lowest BCUT2D eigenvalue weighted by Crippen LogP contribution is -2.25. The van der Waals surface area contributed by atoms with Gasteiger partial charge in [-0.3, -0.25) is 4.79 Å². The van der Waals surface area contributed by atoms with E-state index in [0.717, 1.165) is 12.8 Å². The number of hydrogen-bond donors (Lipinski definition) is 1. The summed E-state index contributed by atoms with van der Waals surface area (Å²) < 4.78 is 10.1. The molecule has 0 heterocycles. The number of methoxy groups -OCH3 is 2. The van der Waals surface area contributed by atoms with Crippen LogP contribution in [0.2, 0.25) is 0 Å². The fourth-order valence-corrected chi connectivity index (χ4v) is 1.86. The van der Waals surface area contributed by atoms with Gasteiger partial charge in [-0.05, 0) is 25.0 Å². The first-order valence-electron chi connectivity index (χ1n) is 6.37. The molecule has 0 spiro atoms. The van der Waals surface area contributed by atoms with Crippen molar-refractivity contribution in [1.82, 2.24) is 5.43 Å². The van der Waals surface area contributed by atoms with Gasteiger partial charge in [0.05, 0.1) is 32.0 Å². The van der Waals surface area contributed by atoms with Gasteiger partial charge in [0.1, 0.15) is 0 Å². The van der Waals surface area contributed by atoms with Gasteiger partial charge in [0.15, 0.2) is 11.5 Å². The van der Waals surface area contributed by atoms with Crippen molar-refractivity contribution in [3.05, 3.63) is 23.3 Å². The minimum Gasteiger partial charge on any atom is -0.545 e. The van der Waals surface area contributed by atoms with Gasteiger partial charge in [0.2, 0.25) is 5.91 Å². The monoisotopic (exact) mass is 291 g/mol. The number of carboxylic acid groups (broad SMARTS) is 1. The molecule has 1 saturated carbocycles. The molecule has 0 atom stereocenters. The summed E-state index contributed by atoms with van der Waals surface area (Å²) in [5.41, 5.74) is 2.44. The number of hydrogen-bond acceptors (Lipinski definition) is 6. The van der Waals surface area contributed by atoms with Gasteiger partial charge in [0.25, 0.3) is 0 Å². The molecule has 0 unspecified atom stereocenters. The Labute approximate surface area is 121 Å². The topological polar surface area (TPSA) is 100 Å². The molecule has 1 aromatic carbocycles. The van der Waals surface area contributed by atoms with E-state index in [2.05, 4.69) is 10.5 Å². The Kier molecular flexibility index (Phi) is 4.42. The van der Waals surface area contributed by atoms with Gasteiger partial charge in [-0.15, -0.1) is 0 Å². The van der Waals surface area contributed by atoms with Crippen LogP contribution < -0.4 is 20.0 Å². The summed E-state index contributed by atoms with van der Waals surface area (Å²) in [5, 5.41) is 15.1. The van der Waals surface area contributed by atoms with Crippen LogP contribution in [-0.4, -0.2) is 32.3 Å². The molecule has 0 saturated heterocycles. The number of aromatic carboxylic acids is 1. The van der Waals surface area contributed by atoms with Crippen molar-refractivity contribution in [2.75, 3.05) is 14.2 Å². The molecule has 1 fully saturated rings. The largest absolute Gasteiger partial charge is 0.545 e. The number of nitrogens with one attached hydrogen (secondary N) is 1. The van der Waals surface area contributed by atoms with Crippen molar-refractivity contribution in [2.24, 2.45) is 11.0 Å². The summed E-state index contributed by atoms with van der Waals surface area (Å²) in [6.45, 7) is 0. The molecule has 0 aromatic heterocycles. The second-order valence-corrected chi connectivity index (χ2v) is 4.56. The van der Waals surface area contributed by atoms with Crippen LogP contribution in [0.15, 0.2) is 17.2 Å². The molecular weight excluding hydrogens is 276 g/mol. The minimum absolute atomic E-state index is 0.0214. The van der Waals surface area contributed by atoms with E-state index >= 15 is 0 Å². The Balaban J connectivity index is 2.27. The highest BCUT2D eigenvalue weighted by Crippen LogP contribution is 2.32. The molecule has 0 radical (unpaired) electrons. The molecule has 1 amide bonds. The number of ether oxygens (including phenoxy) is 2. The standard InChI is InChI=1S/C14H16N2O5/c1-20-10-6-5-9(11(14(18)19)12(10)21-2)7-15-16-13(17)8-3-4-8/h5-8H,3-4H2,1-2H3,(H,16,17)(H,18,19)/p-1/b15-7-. The van der Waals surface area contributed by atoms with Gasteiger partial charge >= 0.3 is 0 Å². The van der Waals surface area contributed by atoms with Crippen molar-refractivity contribution in [2.45, 2.75) is 12.8 Å². The number of benzene rings is 1. The zero-order chi connectivity index (χ0) is 15.4. The third kappa shape index (κ3) is 3.31. The van der Waals surface area contributed by atoms with Crippen molar-refractivity contribution in [3.8, 4) is 11.5 Å². The maximum atomic E-state index is 11.4. The summed E-state index contributed by atoms with van der Waals surface area (Å²) in [6.07, 6.45) is 2.97. The highest BCUT2D eigenvalue weighted by molar-refractivity contribution is 6.01. The van der Waals surface area contributed by atoms with Crippen molar-refractivity contribution in [3.63, 3.8) is 0 Å². The Bertz CT molecular complexity index is 593. The lowest BCUT2D eigenvalue weighted by Gasteiger charge is -2.15. The number of carbonyl (C=O) groups excluding carboxylic acids is 2.